The van der Waals surface area contributed by atoms with Gasteiger partial charge >= 0.3 is 0 Å². The first-order chi connectivity index (χ1) is 19.5. The maximum Gasteiger partial charge on any atom is 0.259 e. The topological polar surface area (TPSA) is 149 Å². The van der Waals surface area contributed by atoms with Crippen molar-refractivity contribution in [2.75, 3.05) is 0 Å². The van der Waals surface area contributed by atoms with Crippen LogP contribution in [0.1, 0.15) is 57.7 Å². The molecule has 3 amide bonds. The van der Waals surface area contributed by atoms with Crippen molar-refractivity contribution in [3.8, 4) is 11.1 Å². The molecular weight excluding hydrogens is 549 g/mol. The zero-order chi connectivity index (χ0) is 28.9. The van der Waals surface area contributed by atoms with E-state index >= 15 is 0 Å². The molecule has 41 heavy (non-hydrogen) atoms. The summed E-state index contributed by atoms with van der Waals surface area (Å²) in [6.07, 6.45) is 1.98. The molecule has 2 fully saturated rings. The van der Waals surface area contributed by atoms with Crippen molar-refractivity contribution < 1.29 is 31.6 Å². The summed E-state index contributed by atoms with van der Waals surface area (Å²) < 4.78 is 45.8. The lowest BCUT2D eigenvalue weighted by Gasteiger charge is -2.17. The Morgan fingerprint density at radius 3 is 2.34 bits per heavy atom. The Balaban J connectivity index is 1.25. The van der Waals surface area contributed by atoms with E-state index in [-0.39, 0.29) is 23.4 Å². The molecule has 3 aromatic carbocycles. The van der Waals surface area contributed by atoms with Crippen LogP contribution in [0.5, 0.6) is 0 Å². The first kappa shape index (κ1) is 26.7. The number of fused-ring (bicyclic) bond motifs is 1. The van der Waals surface area contributed by atoms with Crippen molar-refractivity contribution in [2.45, 2.75) is 42.9 Å². The lowest BCUT2D eigenvalue weighted by molar-refractivity contribution is -0.122. The zero-order valence-electron chi connectivity index (χ0n) is 21.8. The predicted molar refractivity (Wildman–Crippen MR) is 149 cm³/mol. The molecule has 0 bridgehead atoms. The van der Waals surface area contributed by atoms with Crippen molar-refractivity contribution in [1.82, 2.24) is 10.0 Å². The number of carbonyl (C=O) groups is 3. The van der Waals surface area contributed by atoms with Crippen molar-refractivity contribution in [1.29, 1.82) is 0 Å². The second-order valence-electron chi connectivity index (χ2n) is 10.6. The summed E-state index contributed by atoms with van der Waals surface area (Å²) in [5, 5.41) is 2.67. The lowest BCUT2D eigenvalue weighted by Crippen LogP contribution is -2.51. The SMILES string of the molecule is NC(=O)c1c(Cc2ccc(F)cc2)oc2ccc(-c3cccc(C(=O)NC4(C(=O)NS(=O)(=O)C5CC5)CC4)c3)cc12. The average molecular weight is 576 g/mol. The summed E-state index contributed by atoms with van der Waals surface area (Å²) in [6.45, 7) is 0. The molecular formula is C30H26FN3O6S. The fourth-order valence-corrected chi connectivity index (χ4v) is 6.24. The third kappa shape index (κ3) is 5.32. The molecule has 2 aliphatic rings. The van der Waals surface area contributed by atoms with Gasteiger partial charge in [0.15, 0.2) is 0 Å². The van der Waals surface area contributed by atoms with Crippen LogP contribution in [0.15, 0.2) is 71.1 Å². The quantitative estimate of drug-likeness (QED) is 0.277. The second-order valence-corrected chi connectivity index (χ2v) is 12.5. The molecule has 6 rings (SSSR count). The van der Waals surface area contributed by atoms with Crippen molar-refractivity contribution in [3.63, 3.8) is 0 Å². The van der Waals surface area contributed by atoms with Gasteiger partial charge in [0, 0.05) is 17.4 Å². The molecule has 0 saturated heterocycles. The van der Waals surface area contributed by atoms with E-state index in [2.05, 4.69) is 10.0 Å². The van der Waals surface area contributed by atoms with E-state index in [1.54, 1.807) is 54.6 Å². The number of nitrogens with two attached hydrogens (primary N) is 1. The van der Waals surface area contributed by atoms with Crippen LogP contribution in [0.25, 0.3) is 22.1 Å². The number of amides is 3. The molecule has 0 radical (unpaired) electrons. The van der Waals surface area contributed by atoms with E-state index in [4.69, 9.17) is 10.2 Å². The third-order valence-corrected chi connectivity index (χ3v) is 9.30. The summed E-state index contributed by atoms with van der Waals surface area (Å²) >= 11 is 0. The highest BCUT2D eigenvalue weighted by molar-refractivity contribution is 7.91. The van der Waals surface area contributed by atoms with E-state index < -0.39 is 38.5 Å². The highest BCUT2D eigenvalue weighted by Crippen LogP contribution is 2.37. The van der Waals surface area contributed by atoms with Crippen molar-refractivity contribution >= 4 is 38.7 Å². The molecule has 2 aliphatic carbocycles. The minimum absolute atomic E-state index is 0.225. The fraction of sp³-hybridized carbons (Fsp3) is 0.233. The fourth-order valence-electron chi connectivity index (χ4n) is 4.86. The number of furan rings is 1. The Bertz CT molecular complexity index is 1820. The average Bonchev–Trinajstić information content (AvgIpc) is 3.87. The third-order valence-electron chi connectivity index (χ3n) is 7.48. The van der Waals surface area contributed by atoms with Crippen LogP contribution in [0.4, 0.5) is 4.39 Å². The predicted octanol–water partition coefficient (Wildman–Crippen LogP) is 3.80. The minimum atomic E-state index is -3.72. The lowest BCUT2D eigenvalue weighted by atomic mass is 9.99. The Morgan fingerprint density at radius 2 is 1.68 bits per heavy atom. The second kappa shape index (κ2) is 9.84. The van der Waals surface area contributed by atoms with Crippen LogP contribution < -0.4 is 15.8 Å². The highest BCUT2D eigenvalue weighted by atomic mass is 32.2. The monoisotopic (exact) mass is 575 g/mol. The van der Waals surface area contributed by atoms with Gasteiger partial charge < -0.3 is 15.5 Å². The number of benzene rings is 3. The number of halogens is 1. The first-order valence-electron chi connectivity index (χ1n) is 13.1. The summed E-state index contributed by atoms with van der Waals surface area (Å²) in [5.74, 6) is -1.89. The van der Waals surface area contributed by atoms with Gasteiger partial charge in [0.1, 0.15) is 22.7 Å². The van der Waals surface area contributed by atoms with E-state index in [1.807, 2.05) is 0 Å². The maximum atomic E-state index is 13.3. The van der Waals surface area contributed by atoms with Crippen molar-refractivity contribution in [2.24, 2.45) is 5.73 Å². The summed E-state index contributed by atoms with van der Waals surface area (Å²) in [6, 6.07) is 17.9. The number of nitrogens with one attached hydrogen (secondary N) is 2. The smallest absolute Gasteiger partial charge is 0.259 e. The van der Waals surface area contributed by atoms with Crippen LogP contribution in [-0.4, -0.2) is 36.9 Å². The molecule has 0 atom stereocenters. The first-order valence-corrected chi connectivity index (χ1v) is 14.7. The van der Waals surface area contributed by atoms with Crippen LogP contribution in [0.3, 0.4) is 0 Å². The van der Waals surface area contributed by atoms with Crippen LogP contribution in [0, 0.1) is 5.82 Å². The highest BCUT2D eigenvalue weighted by Gasteiger charge is 2.53. The zero-order valence-corrected chi connectivity index (χ0v) is 22.6. The largest absolute Gasteiger partial charge is 0.460 e. The number of sulfonamides is 1. The van der Waals surface area contributed by atoms with Crippen LogP contribution >= 0.6 is 0 Å². The number of hydrogen-bond donors (Lipinski definition) is 3. The number of primary amides is 1. The van der Waals surface area contributed by atoms with Gasteiger partial charge in [-0.15, -0.1) is 0 Å². The van der Waals surface area contributed by atoms with Gasteiger partial charge in [-0.05, 0) is 78.8 Å². The van der Waals surface area contributed by atoms with Gasteiger partial charge in [-0.2, -0.15) is 0 Å². The standard InChI is InChI=1S/C30H26FN3O6S/c31-21-7-4-17(5-8-21)14-25-26(27(32)35)23-16-19(6-11-24(23)40-25)18-2-1-3-20(15-18)28(36)33-30(12-13-30)29(37)34-41(38,39)22-9-10-22/h1-8,11,15-16,22H,9-10,12-14H2,(H2,32,35)(H,33,36)(H,34,37). The van der Waals surface area contributed by atoms with Crippen LogP contribution in [-0.2, 0) is 21.2 Å². The Kier molecular flexibility index (Phi) is 6.41. The number of rotatable bonds is 9. The number of carbonyl (C=O) groups excluding carboxylic acids is 3. The molecule has 4 N–H and O–H groups in total. The molecule has 0 aliphatic heterocycles. The Morgan fingerprint density at radius 1 is 0.976 bits per heavy atom. The molecule has 0 spiro atoms. The maximum absolute atomic E-state index is 13.3. The molecule has 210 valence electrons. The van der Waals surface area contributed by atoms with E-state index in [0.717, 1.165) is 5.56 Å². The minimum Gasteiger partial charge on any atom is -0.460 e. The number of hydrogen-bond acceptors (Lipinski definition) is 6. The molecule has 11 heteroatoms. The Hall–Kier alpha value is -4.51. The Labute approximate surface area is 235 Å². The molecule has 1 aromatic heterocycles. The van der Waals surface area contributed by atoms with Crippen molar-refractivity contribution in [3.05, 3.63) is 95.0 Å². The summed E-state index contributed by atoms with van der Waals surface area (Å²) in [5.41, 5.74) is 7.55. The van der Waals surface area contributed by atoms with Gasteiger partial charge in [0.25, 0.3) is 17.7 Å². The van der Waals surface area contributed by atoms with E-state index in [1.165, 1.54) is 12.1 Å². The molecule has 9 nitrogen and oxygen atoms in total. The molecule has 0 unspecified atom stereocenters. The molecule has 4 aromatic rings. The normalized spacial score (nSPS) is 15.8. The van der Waals surface area contributed by atoms with Gasteiger partial charge in [0.05, 0.1) is 10.8 Å². The van der Waals surface area contributed by atoms with Crippen LogP contribution in [0.2, 0.25) is 0 Å². The van der Waals surface area contributed by atoms with Gasteiger partial charge in [-0.25, -0.2) is 12.8 Å². The van der Waals surface area contributed by atoms with Gasteiger partial charge in [0.2, 0.25) is 10.0 Å². The van der Waals surface area contributed by atoms with Gasteiger partial charge in [-0.1, -0.05) is 30.3 Å². The summed E-state index contributed by atoms with van der Waals surface area (Å²) in [4.78, 5) is 38.3. The molecule has 1 heterocycles. The van der Waals surface area contributed by atoms with E-state index in [9.17, 15) is 27.2 Å². The molecule has 2 saturated carbocycles. The summed E-state index contributed by atoms with van der Waals surface area (Å²) in [7, 11) is -3.72. The van der Waals surface area contributed by atoms with E-state index in [0.29, 0.717) is 53.5 Å². The van der Waals surface area contributed by atoms with Gasteiger partial charge in [-0.3, -0.25) is 19.1 Å².